The van der Waals surface area contributed by atoms with Crippen LogP contribution >= 0.6 is 0 Å². The highest BCUT2D eigenvalue weighted by Gasteiger charge is 2.31. The SMILES string of the molecule is CC(C)C1CCCCC1N1CCCNCC1. The summed E-state index contributed by atoms with van der Waals surface area (Å²) >= 11 is 0. The zero-order valence-corrected chi connectivity index (χ0v) is 11.0. The molecule has 1 saturated heterocycles. The van der Waals surface area contributed by atoms with Crippen LogP contribution in [0.1, 0.15) is 46.0 Å². The molecule has 0 spiro atoms. The van der Waals surface area contributed by atoms with Gasteiger partial charge < -0.3 is 5.32 Å². The number of hydrogen-bond donors (Lipinski definition) is 1. The molecule has 0 radical (unpaired) electrons. The van der Waals surface area contributed by atoms with Crippen LogP contribution in [0, 0.1) is 11.8 Å². The van der Waals surface area contributed by atoms with Gasteiger partial charge in [-0.1, -0.05) is 26.7 Å². The Labute approximate surface area is 101 Å². The average Bonchev–Trinajstić information content (AvgIpc) is 2.57. The molecule has 1 saturated carbocycles. The quantitative estimate of drug-likeness (QED) is 0.775. The molecule has 1 N–H and O–H groups in total. The molecule has 0 aromatic rings. The molecule has 94 valence electrons. The first-order chi connectivity index (χ1) is 7.79. The maximum atomic E-state index is 3.52. The molecule has 0 aromatic carbocycles. The largest absolute Gasteiger partial charge is 0.315 e. The van der Waals surface area contributed by atoms with Gasteiger partial charge in [0.05, 0.1) is 0 Å². The van der Waals surface area contributed by atoms with E-state index in [4.69, 9.17) is 0 Å². The number of nitrogens with one attached hydrogen (secondary N) is 1. The summed E-state index contributed by atoms with van der Waals surface area (Å²) in [6.07, 6.45) is 7.17. The number of rotatable bonds is 2. The minimum absolute atomic E-state index is 0.863. The molecule has 1 aliphatic heterocycles. The van der Waals surface area contributed by atoms with E-state index in [-0.39, 0.29) is 0 Å². The molecule has 16 heavy (non-hydrogen) atoms. The van der Waals surface area contributed by atoms with E-state index in [2.05, 4.69) is 24.1 Å². The summed E-state index contributed by atoms with van der Waals surface area (Å²) in [4.78, 5) is 2.78. The van der Waals surface area contributed by atoms with Crippen LogP contribution in [-0.2, 0) is 0 Å². The summed E-state index contributed by atoms with van der Waals surface area (Å²) in [6.45, 7) is 9.84. The van der Waals surface area contributed by atoms with Gasteiger partial charge in [-0.2, -0.15) is 0 Å². The second-order valence-electron chi connectivity index (χ2n) is 5.90. The van der Waals surface area contributed by atoms with Gasteiger partial charge in [0, 0.05) is 19.1 Å². The molecular formula is C14H28N2. The lowest BCUT2D eigenvalue weighted by Gasteiger charge is -2.41. The number of nitrogens with zero attached hydrogens (tertiary/aromatic N) is 1. The Hall–Kier alpha value is -0.0800. The van der Waals surface area contributed by atoms with Crippen LogP contribution in [-0.4, -0.2) is 37.1 Å². The summed E-state index contributed by atoms with van der Waals surface area (Å²) in [6, 6.07) is 0.883. The van der Waals surface area contributed by atoms with Crippen molar-refractivity contribution in [2.24, 2.45) is 11.8 Å². The molecule has 1 aliphatic carbocycles. The zero-order valence-electron chi connectivity index (χ0n) is 11.0. The van der Waals surface area contributed by atoms with Crippen molar-refractivity contribution in [3.8, 4) is 0 Å². The fourth-order valence-corrected chi connectivity index (χ4v) is 3.57. The molecule has 2 rings (SSSR count). The van der Waals surface area contributed by atoms with E-state index >= 15 is 0 Å². The van der Waals surface area contributed by atoms with E-state index < -0.39 is 0 Å². The van der Waals surface area contributed by atoms with E-state index in [0.717, 1.165) is 17.9 Å². The second kappa shape index (κ2) is 6.02. The number of hydrogen-bond acceptors (Lipinski definition) is 2. The smallest absolute Gasteiger partial charge is 0.0126 e. The van der Waals surface area contributed by atoms with Crippen molar-refractivity contribution in [3.05, 3.63) is 0 Å². The first-order valence-electron chi connectivity index (χ1n) is 7.24. The molecule has 2 heteroatoms. The Kier molecular flexibility index (Phi) is 4.66. The van der Waals surface area contributed by atoms with Gasteiger partial charge in [0.1, 0.15) is 0 Å². The molecule has 2 atom stereocenters. The standard InChI is InChI=1S/C14H28N2/c1-12(2)13-6-3-4-7-14(13)16-10-5-8-15-9-11-16/h12-15H,3-11H2,1-2H3. The van der Waals surface area contributed by atoms with Crippen LogP contribution in [0.3, 0.4) is 0 Å². The van der Waals surface area contributed by atoms with Crippen LogP contribution in [0.2, 0.25) is 0 Å². The van der Waals surface area contributed by atoms with Crippen molar-refractivity contribution in [3.63, 3.8) is 0 Å². The predicted molar refractivity (Wildman–Crippen MR) is 69.6 cm³/mol. The van der Waals surface area contributed by atoms with Crippen molar-refractivity contribution in [1.29, 1.82) is 0 Å². The first kappa shape index (κ1) is 12.4. The van der Waals surface area contributed by atoms with Gasteiger partial charge in [-0.3, -0.25) is 4.90 Å². The topological polar surface area (TPSA) is 15.3 Å². The molecule has 2 unspecified atom stereocenters. The van der Waals surface area contributed by atoms with E-state index in [1.54, 1.807) is 0 Å². The van der Waals surface area contributed by atoms with Crippen LogP contribution in [0.4, 0.5) is 0 Å². The fourth-order valence-electron chi connectivity index (χ4n) is 3.57. The van der Waals surface area contributed by atoms with E-state index in [9.17, 15) is 0 Å². The lowest BCUT2D eigenvalue weighted by molar-refractivity contribution is 0.0840. The monoisotopic (exact) mass is 224 g/mol. The molecular weight excluding hydrogens is 196 g/mol. The highest BCUT2D eigenvalue weighted by molar-refractivity contribution is 4.86. The zero-order chi connectivity index (χ0) is 11.4. The predicted octanol–water partition coefficient (Wildman–Crippen LogP) is 2.50. The van der Waals surface area contributed by atoms with Crippen LogP contribution in [0.5, 0.6) is 0 Å². The normalized spacial score (nSPS) is 33.9. The fraction of sp³-hybridized carbons (Fsp3) is 1.00. The van der Waals surface area contributed by atoms with Crippen molar-refractivity contribution in [1.82, 2.24) is 10.2 Å². The minimum atomic E-state index is 0.863. The van der Waals surface area contributed by atoms with Gasteiger partial charge in [0.15, 0.2) is 0 Å². The van der Waals surface area contributed by atoms with Gasteiger partial charge in [0.25, 0.3) is 0 Å². The Morgan fingerprint density at radius 3 is 2.62 bits per heavy atom. The summed E-state index contributed by atoms with van der Waals surface area (Å²) < 4.78 is 0. The average molecular weight is 224 g/mol. The Morgan fingerprint density at radius 2 is 1.81 bits per heavy atom. The molecule has 0 aromatic heterocycles. The summed E-state index contributed by atoms with van der Waals surface area (Å²) in [7, 11) is 0. The van der Waals surface area contributed by atoms with Crippen molar-refractivity contribution < 1.29 is 0 Å². The van der Waals surface area contributed by atoms with E-state index in [1.807, 2.05) is 0 Å². The van der Waals surface area contributed by atoms with Gasteiger partial charge >= 0.3 is 0 Å². The van der Waals surface area contributed by atoms with Crippen LogP contribution in [0.25, 0.3) is 0 Å². The van der Waals surface area contributed by atoms with E-state index in [1.165, 1.54) is 58.3 Å². The molecule has 0 bridgehead atoms. The van der Waals surface area contributed by atoms with Gasteiger partial charge in [0.2, 0.25) is 0 Å². The summed E-state index contributed by atoms with van der Waals surface area (Å²) in [5.41, 5.74) is 0. The Bertz CT molecular complexity index is 195. The Balaban J connectivity index is 1.97. The highest BCUT2D eigenvalue weighted by Crippen LogP contribution is 2.33. The maximum Gasteiger partial charge on any atom is 0.0126 e. The summed E-state index contributed by atoms with van der Waals surface area (Å²) in [5, 5.41) is 3.52. The van der Waals surface area contributed by atoms with Crippen LogP contribution in [0.15, 0.2) is 0 Å². The minimum Gasteiger partial charge on any atom is -0.315 e. The van der Waals surface area contributed by atoms with Crippen molar-refractivity contribution in [2.75, 3.05) is 26.2 Å². The highest BCUT2D eigenvalue weighted by atomic mass is 15.2. The van der Waals surface area contributed by atoms with Gasteiger partial charge in [-0.15, -0.1) is 0 Å². The van der Waals surface area contributed by atoms with Crippen molar-refractivity contribution in [2.45, 2.75) is 52.0 Å². The third-order valence-corrected chi connectivity index (χ3v) is 4.48. The Morgan fingerprint density at radius 1 is 1.00 bits per heavy atom. The van der Waals surface area contributed by atoms with E-state index in [0.29, 0.717) is 0 Å². The maximum absolute atomic E-state index is 3.52. The lowest BCUT2D eigenvalue weighted by Crippen LogP contribution is -2.45. The molecule has 2 fully saturated rings. The molecule has 0 amide bonds. The molecule has 1 heterocycles. The van der Waals surface area contributed by atoms with Gasteiger partial charge in [-0.25, -0.2) is 0 Å². The molecule has 2 nitrogen and oxygen atoms in total. The third kappa shape index (κ3) is 2.98. The van der Waals surface area contributed by atoms with Crippen molar-refractivity contribution >= 4 is 0 Å². The molecule has 2 aliphatic rings. The van der Waals surface area contributed by atoms with Gasteiger partial charge in [-0.05, 0) is 44.2 Å². The second-order valence-corrected chi connectivity index (χ2v) is 5.90. The lowest BCUT2D eigenvalue weighted by atomic mass is 9.77. The first-order valence-corrected chi connectivity index (χ1v) is 7.24. The summed E-state index contributed by atoms with van der Waals surface area (Å²) in [5.74, 6) is 1.81. The van der Waals surface area contributed by atoms with Crippen LogP contribution < -0.4 is 5.32 Å². The third-order valence-electron chi connectivity index (χ3n) is 4.48.